The van der Waals surface area contributed by atoms with Crippen molar-refractivity contribution >= 4 is 29.1 Å². The van der Waals surface area contributed by atoms with E-state index in [9.17, 15) is 4.79 Å². The van der Waals surface area contributed by atoms with E-state index in [-0.39, 0.29) is 5.91 Å². The second kappa shape index (κ2) is 3.94. The zero-order valence-electron chi connectivity index (χ0n) is 9.26. The van der Waals surface area contributed by atoms with Crippen LogP contribution in [0.4, 0.5) is 0 Å². The number of carbonyl (C=O) groups excluding carboxylic acids is 1. The molecule has 1 aliphatic rings. The standard InChI is InChI=1S/C12H13Cl2NO/c1-15(2)11(16)12(5-6-12)9-4-3-8(13)7-10(9)14/h3-4,7H,5-6H2,1-2H3. The number of carbonyl (C=O) groups is 1. The third-order valence-electron chi connectivity index (χ3n) is 3.01. The molecule has 0 bridgehead atoms. The van der Waals surface area contributed by atoms with Gasteiger partial charge >= 0.3 is 0 Å². The number of halogens is 2. The fourth-order valence-electron chi connectivity index (χ4n) is 2.03. The molecule has 1 saturated carbocycles. The first kappa shape index (κ1) is 11.7. The van der Waals surface area contributed by atoms with Gasteiger partial charge in [-0.25, -0.2) is 0 Å². The van der Waals surface area contributed by atoms with Crippen LogP contribution in [0.5, 0.6) is 0 Å². The average Bonchev–Trinajstić information content (AvgIpc) is 2.97. The highest BCUT2D eigenvalue weighted by molar-refractivity contribution is 6.35. The highest BCUT2D eigenvalue weighted by Crippen LogP contribution is 2.51. The molecule has 86 valence electrons. The van der Waals surface area contributed by atoms with E-state index in [2.05, 4.69) is 0 Å². The van der Waals surface area contributed by atoms with Gasteiger partial charge in [0.05, 0.1) is 5.41 Å². The van der Waals surface area contributed by atoms with Gasteiger partial charge in [0.25, 0.3) is 0 Å². The normalized spacial score (nSPS) is 17.0. The van der Waals surface area contributed by atoms with Gasteiger partial charge in [0.1, 0.15) is 0 Å². The van der Waals surface area contributed by atoms with Crippen LogP contribution < -0.4 is 0 Å². The van der Waals surface area contributed by atoms with Gasteiger partial charge in [-0.1, -0.05) is 29.3 Å². The number of nitrogens with zero attached hydrogens (tertiary/aromatic N) is 1. The van der Waals surface area contributed by atoms with E-state index in [1.165, 1.54) is 0 Å². The molecule has 0 heterocycles. The molecule has 2 nitrogen and oxygen atoms in total. The highest BCUT2D eigenvalue weighted by Gasteiger charge is 2.52. The molecule has 0 unspecified atom stereocenters. The Hall–Kier alpha value is -0.730. The van der Waals surface area contributed by atoms with E-state index in [0.29, 0.717) is 10.0 Å². The van der Waals surface area contributed by atoms with Crippen molar-refractivity contribution in [3.63, 3.8) is 0 Å². The maximum absolute atomic E-state index is 12.1. The van der Waals surface area contributed by atoms with Crippen LogP contribution in [0, 0.1) is 0 Å². The van der Waals surface area contributed by atoms with Gasteiger partial charge in [-0.15, -0.1) is 0 Å². The number of benzene rings is 1. The maximum Gasteiger partial charge on any atom is 0.232 e. The molecule has 2 rings (SSSR count). The zero-order chi connectivity index (χ0) is 11.9. The first-order valence-corrected chi connectivity index (χ1v) is 5.90. The summed E-state index contributed by atoms with van der Waals surface area (Å²) >= 11 is 12.0. The quantitative estimate of drug-likeness (QED) is 0.798. The van der Waals surface area contributed by atoms with Crippen LogP contribution in [0.2, 0.25) is 10.0 Å². The van der Waals surface area contributed by atoms with Gasteiger partial charge < -0.3 is 4.90 Å². The number of hydrogen-bond donors (Lipinski definition) is 0. The van der Waals surface area contributed by atoms with Crippen LogP contribution in [0.3, 0.4) is 0 Å². The molecular weight excluding hydrogens is 245 g/mol. The summed E-state index contributed by atoms with van der Waals surface area (Å²) in [5.74, 6) is 0.122. The van der Waals surface area contributed by atoms with Gasteiger partial charge in [-0.2, -0.15) is 0 Å². The minimum atomic E-state index is -0.398. The third-order valence-corrected chi connectivity index (χ3v) is 3.56. The van der Waals surface area contributed by atoms with E-state index >= 15 is 0 Å². The Bertz CT molecular complexity index is 439. The smallest absolute Gasteiger partial charge is 0.232 e. The second-order valence-electron chi connectivity index (χ2n) is 4.41. The number of likely N-dealkylation sites (N-methyl/N-ethyl adjacent to an activating group) is 1. The molecule has 16 heavy (non-hydrogen) atoms. The molecule has 0 spiro atoms. The van der Waals surface area contributed by atoms with Crippen LogP contribution in [0.25, 0.3) is 0 Å². The van der Waals surface area contributed by atoms with E-state index in [0.717, 1.165) is 18.4 Å². The lowest BCUT2D eigenvalue weighted by Gasteiger charge is -2.21. The van der Waals surface area contributed by atoms with Gasteiger partial charge in [-0.3, -0.25) is 4.79 Å². The Kier molecular flexibility index (Phi) is 2.89. The van der Waals surface area contributed by atoms with Gasteiger partial charge in [0.15, 0.2) is 0 Å². The fourth-order valence-corrected chi connectivity index (χ4v) is 2.62. The Morgan fingerprint density at radius 2 is 1.94 bits per heavy atom. The Morgan fingerprint density at radius 1 is 1.31 bits per heavy atom. The predicted octanol–water partition coefficient (Wildman–Crippen LogP) is 3.11. The number of rotatable bonds is 2. The van der Waals surface area contributed by atoms with Crippen molar-refractivity contribution in [2.24, 2.45) is 0 Å². The third kappa shape index (κ3) is 1.80. The first-order valence-electron chi connectivity index (χ1n) is 5.15. The van der Waals surface area contributed by atoms with Gasteiger partial charge in [0, 0.05) is 24.1 Å². The van der Waals surface area contributed by atoms with Crippen LogP contribution in [0.1, 0.15) is 18.4 Å². The van der Waals surface area contributed by atoms with Crippen molar-refractivity contribution in [1.82, 2.24) is 4.90 Å². The number of hydrogen-bond acceptors (Lipinski definition) is 1. The topological polar surface area (TPSA) is 20.3 Å². The van der Waals surface area contributed by atoms with Crippen molar-refractivity contribution in [1.29, 1.82) is 0 Å². The summed E-state index contributed by atoms with van der Waals surface area (Å²) in [5, 5.41) is 1.18. The molecule has 1 aromatic rings. The lowest BCUT2D eigenvalue weighted by Crippen LogP contribution is -2.33. The lowest BCUT2D eigenvalue weighted by molar-refractivity contribution is -0.131. The first-order chi connectivity index (χ1) is 7.47. The van der Waals surface area contributed by atoms with Crippen molar-refractivity contribution in [2.75, 3.05) is 14.1 Å². The molecule has 0 aromatic heterocycles. The molecule has 1 aliphatic carbocycles. The SMILES string of the molecule is CN(C)C(=O)C1(c2ccc(Cl)cc2Cl)CC1. The Labute approximate surface area is 105 Å². The molecule has 0 aliphatic heterocycles. The molecule has 4 heteroatoms. The van der Waals surface area contributed by atoms with Crippen LogP contribution >= 0.6 is 23.2 Å². The van der Waals surface area contributed by atoms with Crippen molar-refractivity contribution < 1.29 is 4.79 Å². The zero-order valence-corrected chi connectivity index (χ0v) is 10.8. The van der Waals surface area contributed by atoms with Gasteiger partial charge in [-0.05, 0) is 30.5 Å². The minimum absolute atomic E-state index is 0.122. The van der Waals surface area contributed by atoms with Crippen molar-refractivity contribution in [3.8, 4) is 0 Å². The van der Waals surface area contributed by atoms with Crippen LogP contribution in [-0.4, -0.2) is 24.9 Å². The summed E-state index contributed by atoms with van der Waals surface area (Å²) < 4.78 is 0. The van der Waals surface area contributed by atoms with Crippen molar-refractivity contribution in [2.45, 2.75) is 18.3 Å². The minimum Gasteiger partial charge on any atom is -0.348 e. The summed E-state index contributed by atoms with van der Waals surface area (Å²) in [4.78, 5) is 13.7. The summed E-state index contributed by atoms with van der Waals surface area (Å²) in [7, 11) is 3.54. The van der Waals surface area contributed by atoms with E-state index in [1.807, 2.05) is 6.07 Å². The van der Waals surface area contributed by atoms with E-state index in [1.54, 1.807) is 31.1 Å². The predicted molar refractivity (Wildman–Crippen MR) is 66.1 cm³/mol. The lowest BCUT2D eigenvalue weighted by atomic mass is 9.94. The molecule has 0 radical (unpaired) electrons. The molecule has 1 aromatic carbocycles. The molecule has 1 amide bonds. The molecule has 1 fully saturated rings. The highest BCUT2D eigenvalue weighted by atomic mass is 35.5. The molecular formula is C12H13Cl2NO. The maximum atomic E-state index is 12.1. The second-order valence-corrected chi connectivity index (χ2v) is 5.25. The Morgan fingerprint density at radius 3 is 2.38 bits per heavy atom. The van der Waals surface area contributed by atoms with E-state index in [4.69, 9.17) is 23.2 Å². The van der Waals surface area contributed by atoms with Crippen LogP contribution in [-0.2, 0) is 10.2 Å². The van der Waals surface area contributed by atoms with E-state index < -0.39 is 5.41 Å². The fraction of sp³-hybridized carbons (Fsp3) is 0.417. The van der Waals surface area contributed by atoms with Crippen molar-refractivity contribution in [3.05, 3.63) is 33.8 Å². The number of amides is 1. The molecule has 0 N–H and O–H groups in total. The summed E-state index contributed by atoms with van der Waals surface area (Å²) in [6.07, 6.45) is 1.73. The largest absolute Gasteiger partial charge is 0.348 e. The average molecular weight is 258 g/mol. The van der Waals surface area contributed by atoms with Gasteiger partial charge in [0.2, 0.25) is 5.91 Å². The Balaban J connectivity index is 2.41. The molecule has 0 atom stereocenters. The van der Waals surface area contributed by atoms with Crippen LogP contribution in [0.15, 0.2) is 18.2 Å². The summed E-state index contributed by atoms with van der Waals surface area (Å²) in [5.41, 5.74) is 0.503. The molecule has 0 saturated heterocycles. The summed E-state index contributed by atoms with van der Waals surface area (Å²) in [6.45, 7) is 0. The summed E-state index contributed by atoms with van der Waals surface area (Å²) in [6, 6.07) is 5.34. The monoisotopic (exact) mass is 257 g/mol.